The van der Waals surface area contributed by atoms with E-state index < -0.39 is 0 Å². The van der Waals surface area contributed by atoms with Crippen LogP contribution in [-0.2, 0) is 6.54 Å². The summed E-state index contributed by atoms with van der Waals surface area (Å²) in [5.41, 5.74) is 1.34. The second kappa shape index (κ2) is 5.18. The van der Waals surface area contributed by atoms with Crippen molar-refractivity contribution in [3.63, 3.8) is 0 Å². The van der Waals surface area contributed by atoms with Gasteiger partial charge in [0.2, 0.25) is 6.54 Å². The largest absolute Gasteiger partial charge is 0.395 e. The van der Waals surface area contributed by atoms with Gasteiger partial charge >= 0.3 is 0 Å². The van der Waals surface area contributed by atoms with Crippen LogP contribution in [0, 0.1) is 10.1 Å². The summed E-state index contributed by atoms with van der Waals surface area (Å²) in [6.45, 7) is 0.204. The van der Waals surface area contributed by atoms with E-state index in [4.69, 9.17) is 5.11 Å². The summed E-state index contributed by atoms with van der Waals surface area (Å²) in [5.74, 6) is 0. The van der Waals surface area contributed by atoms with Gasteiger partial charge in [-0.2, -0.15) is 0 Å². The molecule has 0 unspecified atom stereocenters. The van der Waals surface area contributed by atoms with Gasteiger partial charge < -0.3 is 10.4 Å². The number of nitrogens with one attached hydrogen (secondary N) is 1. The highest BCUT2D eigenvalue weighted by atomic mass is 16.6. The van der Waals surface area contributed by atoms with Crippen LogP contribution in [0.1, 0.15) is 5.56 Å². The Kier molecular flexibility index (Phi) is 3.87. The fraction of sp³-hybridized carbons (Fsp3) is 0.333. The number of rotatable bonds is 5. The van der Waals surface area contributed by atoms with Crippen LogP contribution in [0.4, 0.5) is 5.69 Å². The quantitative estimate of drug-likeness (QED) is 0.541. The zero-order valence-electron chi connectivity index (χ0n) is 7.64. The minimum atomic E-state index is -0.376. The molecule has 1 aromatic carbocycles. The van der Waals surface area contributed by atoms with Gasteiger partial charge in [0.15, 0.2) is 0 Å². The highest BCUT2D eigenvalue weighted by Gasteiger charge is 2.06. The molecule has 2 N–H and O–H groups in total. The molecule has 0 saturated carbocycles. The number of hydrogen-bond acceptors (Lipinski definition) is 4. The number of nitrogens with zero attached hydrogens (tertiary/aromatic N) is 1. The molecule has 1 aromatic rings. The van der Waals surface area contributed by atoms with E-state index in [9.17, 15) is 10.1 Å². The molecule has 0 saturated heterocycles. The van der Waals surface area contributed by atoms with Gasteiger partial charge in [-0.25, -0.2) is 0 Å². The molecule has 0 amide bonds. The van der Waals surface area contributed by atoms with Gasteiger partial charge in [0.1, 0.15) is 0 Å². The predicted octanol–water partition coefficient (Wildman–Crippen LogP) is 0.867. The molecule has 1 rings (SSSR count). The van der Waals surface area contributed by atoms with Crippen molar-refractivity contribution >= 4 is 5.69 Å². The lowest BCUT2D eigenvalue weighted by Gasteiger charge is -2.07. The zero-order valence-corrected chi connectivity index (χ0v) is 7.64. The van der Waals surface area contributed by atoms with E-state index in [1.807, 2.05) is 0 Å². The van der Waals surface area contributed by atoms with Gasteiger partial charge in [0, 0.05) is 22.7 Å². The molecular formula is C9H12N2O3. The Bertz CT molecular complexity index is 315. The molecule has 0 atom stereocenters. The van der Waals surface area contributed by atoms with E-state index in [-0.39, 0.29) is 18.1 Å². The first-order valence-electron chi connectivity index (χ1n) is 4.28. The summed E-state index contributed by atoms with van der Waals surface area (Å²) in [7, 11) is 0. The fourth-order valence-electron chi connectivity index (χ4n) is 1.16. The number of aliphatic hydroxyl groups is 1. The van der Waals surface area contributed by atoms with Gasteiger partial charge in [-0.05, 0) is 6.07 Å². The van der Waals surface area contributed by atoms with Crippen molar-refractivity contribution < 1.29 is 10.0 Å². The van der Waals surface area contributed by atoms with Crippen LogP contribution in [0.25, 0.3) is 0 Å². The SMILES string of the molecule is O=[N+]([O-])Cc1ccccc1NCCO. The molecule has 0 radical (unpaired) electrons. The first kappa shape index (κ1) is 10.5. The van der Waals surface area contributed by atoms with E-state index in [1.54, 1.807) is 24.3 Å². The lowest BCUT2D eigenvalue weighted by atomic mass is 10.2. The maximum Gasteiger partial charge on any atom is 0.230 e. The van der Waals surface area contributed by atoms with Gasteiger partial charge in [0.25, 0.3) is 0 Å². The second-order valence-electron chi connectivity index (χ2n) is 2.80. The summed E-state index contributed by atoms with van der Waals surface area (Å²) in [6.07, 6.45) is 0. The molecule has 0 aliphatic heterocycles. The average molecular weight is 196 g/mol. The standard InChI is InChI=1S/C9H12N2O3/c12-6-5-10-9-4-2-1-3-8(9)7-11(13)14/h1-4,10,12H,5-7H2. The Morgan fingerprint density at radius 1 is 1.43 bits per heavy atom. The topological polar surface area (TPSA) is 75.4 Å². The first-order chi connectivity index (χ1) is 6.74. The Morgan fingerprint density at radius 2 is 2.14 bits per heavy atom. The van der Waals surface area contributed by atoms with Crippen LogP contribution < -0.4 is 5.32 Å². The van der Waals surface area contributed by atoms with Crippen molar-refractivity contribution in [3.05, 3.63) is 39.9 Å². The van der Waals surface area contributed by atoms with Crippen LogP contribution >= 0.6 is 0 Å². The number of benzene rings is 1. The normalized spacial score (nSPS) is 9.79. The molecule has 0 bridgehead atoms. The summed E-state index contributed by atoms with van der Waals surface area (Å²) in [6, 6.07) is 7.00. The van der Waals surface area contributed by atoms with Crippen molar-refractivity contribution in [1.29, 1.82) is 0 Å². The highest BCUT2D eigenvalue weighted by molar-refractivity contribution is 5.50. The molecular weight excluding hydrogens is 184 g/mol. The van der Waals surface area contributed by atoms with E-state index in [0.717, 1.165) is 0 Å². The Labute approximate surface area is 81.5 Å². The highest BCUT2D eigenvalue weighted by Crippen LogP contribution is 2.15. The smallest absolute Gasteiger partial charge is 0.230 e. The number of nitro groups is 1. The fourth-order valence-corrected chi connectivity index (χ4v) is 1.16. The summed E-state index contributed by atoms with van der Waals surface area (Å²) in [4.78, 5) is 9.95. The first-order valence-corrected chi connectivity index (χ1v) is 4.28. The van der Waals surface area contributed by atoms with Gasteiger partial charge in [-0.15, -0.1) is 0 Å². The van der Waals surface area contributed by atoms with Gasteiger partial charge in [-0.1, -0.05) is 18.2 Å². The lowest BCUT2D eigenvalue weighted by Crippen LogP contribution is -2.09. The van der Waals surface area contributed by atoms with Crippen molar-refractivity contribution in [2.24, 2.45) is 0 Å². The van der Waals surface area contributed by atoms with Crippen molar-refractivity contribution in [2.45, 2.75) is 6.54 Å². The van der Waals surface area contributed by atoms with Crippen LogP contribution in [0.2, 0.25) is 0 Å². The third-order valence-electron chi connectivity index (χ3n) is 1.74. The Hall–Kier alpha value is -1.62. The molecule has 0 aliphatic rings. The lowest BCUT2D eigenvalue weighted by molar-refractivity contribution is -0.496. The van der Waals surface area contributed by atoms with Crippen molar-refractivity contribution in [3.8, 4) is 0 Å². The van der Waals surface area contributed by atoms with Crippen LogP contribution in [0.15, 0.2) is 24.3 Å². The summed E-state index contributed by atoms with van der Waals surface area (Å²) < 4.78 is 0. The molecule has 0 aliphatic carbocycles. The molecule has 0 fully saturated rings. The second-order valence-corrected chi connectivity index (χ2v) is 2.80. The third kappa shape index (κ3) is 3.02. The molecule has 5 heteroatoms. The van der Waals surface area contributed by atoms with E-state index >= 15 is 0 Å². The van der Waals surface area contributed by atoms with Crippen LogP contribution in [-0.4, -0.2) is 23.2 Å². The molecule has 0 spiro atoms. The zero-order chi connectivity index (χ0) is 10.4. The van der Waals surface area contributed by atoms with E-state index in [0.29, 0.717) is 17.8 Å². The number of aliphatic hydroxyl groups excluding tert-OH is 1. The maximum atomic E-state index is 10.3. The minimum absolute atomic E-state index is 0.00674. The minimum Gasteiger partial charge on any atom is -0.395 e. The average Bonchev–Trinajstić information content (AvgIpc) is 2.16. The Morgan fingerprint density at radius 3 is 2.79 bits per heavy atom. The predicted molar refractivity (Wildman–Crippen MR) is 52.7 cm³/mol. The molecule has 14 heavy (non-hydrogen) atoms. The molecule has 76 valence electrons. The van der Waals surface area contributed by atoms with Gasteiger partial charge in [-0.3, -0.25) is 10.1 Å². The Balaban J connectivity index is 2.74. The summed E-state index contributed by atoms with van der Waals surface area (Å²) in [5, 5.41) is 21.8. The number of anilines is 1. The molecule has 5 nitrogen and oxygen atoms in total. The van der Waals surface area contributed by atoms with E-state index in [1.165, 1.54) is 0 Å². The van der Waals surface area contributed by atoms with Crippen LogP contribution in [0.3, 0.4) is 0 Å². The molecule has 0 aromatic heterocycles. The number of hydrogen-bond donors (Lipinski definition) is 2. The van der Waals surface area contributed by atoms with Crippen LogP contribution in [0.5, 0.6) is 0 Å². The van der Waals surface area contributed by atoms with Crippen molar-refractivity contribution in [1.82, 2.24) is 0 Å². The third-order valence-corrected chi connectivity index (χ3v) is 1.74. The molecule has 0 heterocycles. The van der Waals surface area contributed by atoms with E-state index in [2.05, 4.69) is 5.32 Å². The monoisotopic (exact) mass is 196 g/mol. The van der Waals surface area contributed by atoms with Gasteiger partial charge in [0.05, 0.1) is 6.61 Å². The maximum absolute atomic E-state index is 10.3. The summed E-state index contributed by atoms with van der Waals surface area (Å²) >= 11 is 0. The van der Waals surface area contributed by atoms with Crippen molar-refractivity contribution in [2.75, 3.05) is 18.5 Å². The number of para-hydroxylation sites is 1.